The molecule has 2 rings (SSSR count). The predicted octanol–water partition coefficient (Wildman–Crippen LogP) is 6.58. The highest BCUT2D eigenvalue weighted by Gasteiger charge is 2.30. The third-order valence-corrected chi connectivity index (χ3v) is 10.8. The van der Waals surface area contributed by atoms with Gasteiger partial charge < -0.3 is 0 Å². The fourth-order valence-corrected chi connectivity index (χ4v) is 10.5. The highest BCUT2D eigenvalue weighted by molar-refractivity contribution is 8.18. The van der Waals surface area contributed by atoms with Gasteiger partial charge in [0, 0.05) is 13.1 Å². The van der Waals surface area contributed by atoms with Gasteiger partial charge in [0.2, 0.25) is 0 Å². The van der Waals surface area contributed by atoms with Gasteiger partial charge in [0.1, 0.15) is 0 Å². The van der Waals surface area contributed by atoms with Crippen molar-refractivity contribution >= 4 is 47.0 Å². The molecule has 2 fully saturated rings. The van der Waals surface area contributed by atoms with Gasteiger partial charge in [-0.3, -0.25) is 9.80 Å². The van der Waals surface area contributed by atoms with E-state index < -0.39 is 0 Å². The first-order valence-corrected chi connectivity index (χ1v) is 13.8. The van der Waals surface area contributed by atoms with E-state index in [4.69, 9.17) is 0 Å². The maximum atomic E-state index is 2.70. The molecule has 6 heteroatoms. The lowest BCUT2D eigenvalue weighted by Crippen LogP contribution is -2.42. The SMILES string of the molecule is CC1S[C@@H](C)N(CCCCCCCN2[C@H](C)SC(C)S[C@@H]2C)[C@@H](C)S1. The molecule has 148 valence electrons. The van der Waals surface area contributed by atoms with Crippen molar-refractivity contribution in [3.8, 4) is 0 Å². The van der Waals surface area contributed by atoms with Crippen molar-refractivity contribution in [1.29, 1.82) is 0 Å². The van der Waals surface area contributed by atoms with Gasteiger partial charge in [0.25, 0.3) is 0 Å². The van der Waals surface area contributed by atoms with Gasteiger partial charge in [-0.15, -0.1) is 47.0 Å². The molecule has 2 unspecified atom stereocenters. The summed E-state index contributed by atoms with van der Waals surface area (Å²) in [7, 11) is 0. The summed E-state index contributed by atoms with van der Waals surface area (Å²) >= 11 is 8.48. The van der Waals surface area contributed by atoms with E-state index >= 15 is 0 Å². The van der Waals surface area contributed by atoms with Crippen molar-refractivity contribution in [3.63, 3.8) is 0 Å². The first-order chi connectivity index (χ1) is 11.9. The van der Waals surface area contributed by atoms with E-state index in [2.05, 4.69) is 98.4 Å². The zero-order valence-corrected chi connectivity index (χ0v) is 20.2. The van der Waals surface area contributed by atoms with Crippen LogP contribution in [-0.2, 0) is 0 Å². The Balaban J connectivity index is 1.53. The van der Waals surface area contributed by atoms with Crippen molar-refractivity contribution in [2.75, 3.05) is 13.1 Å². The van der Waals surface area contributed by atoms with Gasteiger partial charge in [-0.05, 0) is 54.4 Å². The van der Waals surface area contributed by atoms with Crippen LogP contribution in [0.25, 0.3) is 0 Å². The Kier molecular flexibility index (Phi) is 10.3. The Morgan fingerprint density at radius 3 is 1.08 bits per heavy atom. The monoisotopic (exact) mass is 422 g/mol. The minimum atomic E-state index is 0.686. The Labute approximate surface area is 173 Å². The standard InChI is InChI=1S/C19H38N2S4/c1-14-20(15(2)23-18(5)22-14)12-10-8-7-9-11-13-21-16(3)24-19(6)25-17(21)4/h14-19H,7-13H2,1-6H3/t14-,15+,16-,17+,18?,19?. The summed E-state index contributed by atoms with van der Waals surface area (Å²) in [4.78, 5) is 5.39. The van der Waals surface area contributed by atoms with Gasteiger partial charge in [-0.1, -0.05) is 19.3 Å². The Hall–Kier alpha value is 1.32. The van der Waals surface area contributed by atoms with Crippen molar-refractivity contribution < 1.29 is 0 Å². The van der Waals surface area contributed by atoms with Crippen LogP contribution in [0.5, 0.6) is 0 Å². The summed E-state index contributed by atoms with van der Waals surface area (Å²) in [5.41, 5.74) is 0. The number of unbranched alkanes of at least 4 members (excludes halogenated alkanes) is 4. The van der Waals surface area contributed by atoms with E-state index in [1.807, 2.05) is 0 Å². The Morgan fingerprint density at radius 2 is 0.760 bits per heavy atom. The van der Waals surface area contributed by atoms with Crippen LogP contribution in [0.15, 0.2) is 0 Å². The molecule has 2 aliphatic rings. The van der Waals surface area contributed by atoms with Crippen molar-refractivity contribution in [2.45, 2.75) is 104 Å². The maximum Gasteiger partial charge on any atom is 0.0550 e. The molecule has 0 aromatic rings. The normalized spacial score (nSPS) is 38.2. The second kappa shape index (κ2) is 11.4. The molecule has 0 aromatic carbocycles. The molecule has 0 bridgehead atoms. The van der Waals surface area contributed by atoms with Gasteiger partial charge in [0.15, 0.2) is 0 Å². The first kappa shape index (κ1) is 22.6. The molecule has 2 nitrogen and oxygen atoms in total. The first-order valence-electron chi connectivity index (χ1n) is 10.0. The van der Waals surface area contributed by atoms with Gasteiger partial charge in [-0.2, -0.15) is 0 Å². The fourth-order valence-electron chi connectivity index (χ4n) is 3.92. The van der Waals surface area contributed by atoms with Gasteiger partial charge in [-0.25, -0.2) is 0 Å². The summed E-state index contributed by atoms with van der Waals surface area (Å²) in [6.07, 6.45) is 6.92. The van der Waals surface area contributed by atoms with E-state index in [0.717, 1.165) is 9.16 Å². The molecule has 6 atom stereocenters. The van der Waals surface area contributed by atoms with Crippen LogP contribution in [0, 0.1) is 0 Å². The zero-order valence-electron chi connectivity index (χ0n) is 16.9. The Bertz CT molecular complexity index is 326. The van der Waals surface area contributed by atoms with Crippen LogP contribution in [-0.4, -0.2) is 53.5 Å². The quantitative estimate of drug-likeness (QED) is 0.405. The summed E-state index contributed by atoms with van der Waals surface area (Å²) in [5, 5.41) is 2.74. The predicted molar refractivity (Wildman–Crippen MR) is 124 cm³/mol. The van der Waals surface area contributed by atoms with Crippen molar-refractivity contribution in [1.82, 2.24) is 9.80 Å². The lowest BCUT2D eigenvalue weighted by atomic mass is 10.1. The smallest absolute Gasteiger partial charge is 0.0550 e. The average molecular weight is 423 g/mol. The number of thioether (sulfide) groups is 4. The molecule has 0 saturated carbocycles. The lowest BCUT2D eigenvalue weighted by molar-refractivity contribution is 0.244. The van der Waals surface area contributed by atoms with Gasteiger partial charge in [0.05, 0.1) is 30.7 Å². The third-order valence-electron chi connectivity index (χ3n) is 5.26. The Morgan fingerprint density at radius 1 is 0.480 bits per heavy atom. The van der Waals surface area contributed by atoms with Crippen molar-refractivity contribution in [2.24, 2.45) is 0 Å². The molecule has 0 aromatic heterocycles. The fraction of sp³-hybridized carbons (Fsp3) is 1.00. The molecule has 2 heterocycles. The molecule has 2 saturated heterocycles. The van der Waals surface area contributed by atoms with Crippen LogP contribution < -0.4 is 0 Å². The highest BCUT2D eigenvalue weighted by Crippen LogP contribution is 2.41. The minimum absolute atomic E-state index is 0.686. The minimum Gasteiger partial charge on any atom is -0.280 e. The van der Waals surface area contributed by atoms with Crippen LogP contribution in [0.4, 0.5) is 0 Å². The summed E-state index contributed by atoms with van der Waals surface area (Å²) in [6.45, 7) is 16.8. The van der Waals surface area contributed by atoms with Crippen LogP contribution in [0.1, 0.15) is 73.6 Å². The largest absolute Gasteiger partial charge is 0.280 e. The number of nitrogens with zero attached hydrogens (tertiary/aromatic N) is 2. The second-order valence-corrected chi connectivity index (χ2v) is 14.6. The second-order valence-electron chi connectivity index (χ2n) is 7.32. The van der Waals surface area contributed by atoms with Crippen molar-refractivity contribution in [3.05, 3.63) is 0 Å². The highest BCUT2D eigenvalue weighted by atomic mass is 32.2. The van der Waals surface area contributed by atoms with E-state index in [0.29, 0.717) is 21.5 Å². The molecule has 0 aliphatic carbocycles. The number of rotatable bonds is 8. The van der Waals surface area contributed by atoms with E-state index in [1.165, 1.54) is 45.2 Å². The molecular weight excluding hydrogens is 384 g/mol. The van der Waals surface area contributed by atoms with E-state index in [-0.39, 0.29) is 0 Å². The van der Waals surface area contributed by atoms with E-state index in [9.17, 15) is 0 Å². The summed E-state index contributed by atoms with van der Waals surface area (Å²) in [6, 6.07) is 0. The van der Waals surface area contributed by atoms with Crippen LogP contribution in [0.3, 0.4) is 0 Å². The number of hydrogen-bond acceptors (Lipinski definition) is 6. The van der Waals surface area contributed by atoms with Crippen LogP contribution >= 0.6 is 47.0 Å². The molecule has 25 heavy (non-hydrogen) atoms. The van der Waals surface area contributed by atoms with E-state index in [1.54, 1.807) is 0 Å². The molecule has 0 N–H and O–H groups in total. The topological polar surface area (TPSA) is 6.48 Å². The molecule has 0 spiro atoms. The number of hydrogen-bond donors (Lipinski definition) is 0. The molecule has 0 amide bonds. The molecule has 2 aliphatic heterocycles. The van der Waals surface area contributed by atoms with Gasteiger partial charge >= 0.3 is 0 Å². The zero-order chi connectivity index (χ0) is 18.4. The third kappa shape index (κ3) is 7.34. The molecular formula is C19H38N2S4. The molecule has 0 radical (unpaired) electrons. The van der Waals surface area contributed by atoms with Crippen LogP contribution in [0.2, 0.25) is 0 Å². The lowest BCUT2D eigenvalue weighted by Gasteiger charge is -2.41. The summed E-state index contributed by atoms with van der Waals surface area (Å²) < 4.78 is 1.50. The average Bonchev–Trinajstić information content (AvgIpc) is 2.50. The maximum absolute atomic E-state index is 2.70. The summed E-state index contributed by atoms with van der Waals surface area (Å²) in [5.74, 6) is 0.